The zero-order valence-corrected chi connectivity index (χ0v) is 21.0. The Hall–Kier alpha value is -4.13. The Morgan fingerprint density at radius 2 is 1.67 bits per heavy atom. The van der Waals surface area contributed by atoms with Gasteiger partial charge in [0.05, 0.1) is 12.2 Å². The summed E-state index contributed by atoms with van der Waals surface area (Å²) in [5, 5.41) is 5.13. The maximum Gasteiger partial charge on any atom is 0.410 e. The number of hydrogen-bond acceptors (Lipinski definition) is 4. The lowest BCUT2D eigenvalue weighted by Gasteiger charge is -2.31. The molecule has 2 amide bonds. The van der Waals surface area contributed by atoms with Gasteiger partial charge in [-0.15, -0.1) is 0 Å². The van der Waals surface area contributed by atoms with E-state index >= 15 is 0 Å². The molecule has 7 nitrogen and oxygen atoms in total. The third kappa shape index (κ3) is 4.69. The molecule has 4 aromatic rings. The Kier molecular flexibility index (Phi) is 6.00. The number of nitrogens with zero attached hydrogens (tertiary/aromatic N) is 3. The zero-order valence-electron chi connectivity index (χ0n) is 21.0. The smallest absolute Gasteiger partial charge is 0.410 e. The van der Waals surface area contributed by atoms with Crippen molar-refractivity contribution < 1.29 is 14.3 Å². The molecule has 0 bridgehead atoms. The molecule has 3 aromatic carbocycles. The van der Waals surface area contributed by atoms with Crippen molar-refractivity contribution in [1.29, 1.82) is 0 Å². The molecule has 0 aliphatic carbocycles. The monoisotopic (exact) mass is 482 g/mol. The number of aryl methyl sites for hydroxylation is 1. The van der Waals surface area contributed by atoms with Gasteiger partial charge in [-0.05, 0) is 50.6 Å². The molecule has 1 N–H and O–H groups in total. The number of carbonyl (C=O) groups excluding carboxylic acids is 2. The number of anilines is 1. The number of amides is 2. The summed E-state index contributed by atoms with van der Waals surface area (Å²) in [6, 6.07) is 21.9. The van der Waals surface area contributed by atoms with Gasteiger partial charge in [-0.25, -0.2) is 9.78 Å². The number of carbonyl (C=O) groups is 2. The van der Waals surface area contributed by atoms with Crippen molar-refractivity contribution in [1.82, 2.24) is 14.5 Å². The Morgan fingerprint density at radius 3 is 2.42 bits per heavy atom. The van der Waals surface area contributed by atoms with Gasteiger partial charge in [0.25, 0.3) is 5.91 Å². The number of rotatable bonds is 3. The number of fused-ring (bicyclic) bond motifs is 2. The van der Waals surface area contributed by atoms with Crippen LogP contribution >= 0.6 is 0 Å². The molecule has 0 unspecified atom stereocenters. The highest BCUT2D eigenvalue weighted by Gasteiger charge is 2.32. The summed E-state index contributed by atoms with van der Waals surface area (Å²) in [7, 11) is 0. The standard InChI is InChI=1S/C29H30N4O3/c1-19-12-14-21(15-13-19)30-27(34)25-24-18-32(28(35)36-29(2,3)4)16-17-33(24)26(31-25)23-11-7-9-20-8-5-6-10-22(20)23/h5-15H,16-18H2,1-4H3,(H,30,34). The third-order valence-electron chi connectivity index (χ3n) is 6.21. The van der Waals surface area contributed by atoms with E-state index in [0.717, 1.165) is 27.7 Å². The van der Waals surface area contributed by atoms with Crippen molar-refractivity contribution in [3.8, 4) is 11.4 Å². The van der Waals surface area contributed by atoms with E-state index in [1.807, 2.05) is 76.2 Å². The van der Waals surface area contributed by atoms with Crippen LogP contribution in [-0.2, 0) is 17.8 Å². The van der Waals surface area contributed by atoms with Gasteiger partial charge in [0, 0.05) is 24.3 Å². The minimum atomic E-state index is -0.603. The lowest BCUT2D eigenvalue weighted by atomic mass is 10.0. The minimum Gasteiger partial charge on any atom is -0.444 e. The first-order valence-electron chi connectivity index (χ1n) is 12.1. The number of aromatic nitrogens is 2. The summed E-state index contributed by atoms with van der Waals surface area (Å²) in [5.41, 5.74) is 3.16. The van der Waals surface area contributed by atoms with Gasteiger partial charge in [-0.2, -0.15) is 0 Å². The summed E-state index contributed by atoms with van der Waals surface area (Å²) in [6.45, 7) is 8.75. The summed E-state index contributed by atoms with van der Waals surface area (Å²) >= 11 is 0. The number of benzene rings is 3. The van der Waals surface area contributed by atoms with Gasteiger partial charge in [-0.3, -0.25) is 4.79 Å². The van der Waals surface area contributed by atoms with Gasteiger partial charge in [0.15, 0.2) is 5.69 Å². The highest BCUT2D eigenvalue weighted by molar-refractivity contribution is 6.05. The molecule has 0 radical (unpaired) electrons. The molecule has 1 aliphatic heterocycles. The van der Waals surface area contributed by atoms with Gasteiger partial charge in [-0.1, -0.05) is 60.2 Å². The van der Waals surface area contributed by atoms with E-state index in [1.54, 1.807) is 4.90 Å². The second kappa shape index (κ2) is 9.15. The van der Waals surface area contributed by atoms with Crippen molar-refractivity contribution in [2.24, 2.45) is 0 Å². The molecular formula is C29H30N4O3. The Morgan fingerprint density at radius 1 is 0.944 bits per heavy atom. The molecule has 0 saturated carbocycles. The molecule has 0 fully saturated rings. The maximum atomic E-state index is 13.5. The molecule has 1 aromatic heterocycles. The lowest BCUT2D eigenvalue weighted by Crippen LogP contribution is -2.42. The maximum absolute atomic E-state index is 13.5. The van der Waals surface area contributed by atoms with Crippen LogP contribution < -0.4 is 5.32 Å². The van der Waals surface area contributed by atoms with Crippen molar-refractivity contribution in [2.45, 2.75) is 46.4 Å². The SMILES string of the molecule is Cc1ccc(NC(=O)c2nc(-c3cccc4ccccc34)n3c2CN(C(=O)OC(C)(C)C)CC3)cc1. The van der Waals surface area contributed by atoms with E-state index < -0.39 is 11.7 Å². The third-order valence-corrected chi connectivity index (χ3v) is 6.21. The summed E-state index contributed by atoms with van der Waals surface area (Å²) in [5.74, 6) is 0.417. The van der Waals surface area contributed by atoms with Crippen LogP contribution in [0.5, 0.6) is 0 Å². The molecule has 5 rings (SSSR count). The van der Waals surface area contributed by atoms with Crippen LogP contribution in [-0.4, -0.2) is 38.6 Å². The van der Waals surface area contributed by atoms with E-state index in [4.69, 9.17) is 9.72 Å². The molecule has 1 aliphatic rings. The first kappa shape index (κ1) is 23.6. The molecule has 0 spiro atoms. The molecule has 2 heterocycles. The fourth-order valence-corrected chi connectivity index (χ4v) is 4.49. The summed E-state index contributed by atoms with van der Waals surface area (Å²) < 4.78 is 7.67. The van der Waals surface area contributed by atoms with Crippen molar-refractivity contribution in [2.75, 3.05) is 11.9 Å². The molecule has 0 atom stereocenters. The van der Waals surface area contributed by atoms with Crippen molar-refractivity contribution in [3.05, 3.63) is 83.7 Å². The second-order valence-corrected chi connectivity index (χ2v) is 10.1. The lowest BCUT2D eigenvalue weighted by molar-refractivity contribution is 0.0198. The summed E-state index contributed by atoms with van der Waals surface area (Å²) in [6.07, 6.45) is -0.397. The van der Waals surface area contributed by atoms with Crippen molar-refractivity contribution >= 4 is 28.5 Å². The van der Waals surface area contributed by atoms with E-state index in [-0.39, 0.29) is 12.5 Å². The Balaban J connectivity index is 1.57. The zero-order chi connectivity index (χ0) is 25.4. The van der Waals surface area contributed by atoms with Crippen LogP contribution in [0.25, 0.3) is 22.2 Å². The fourth-order valence-electron chi connectivity index (χ4n) is 4.49. The quantitative estimate of drug-likeness (QED) is 0.388. The average Bonchev–Trinajstić information content (AvgIpc) is 3.23. The highest BCUT2D eigenvalue weighted by Crippen LogP contribution is 2.32. The summed E-state index contributed by atoms with van der Waals surface area (Å²) in [4.78, 5) is 32.8. The topological polar surface area (TPSA) is 76.5 Å². The van der Waals surface area contributed by atoms with Crippen LogP contribution in [0, 0.1) is 6.92 Å². The Labute approximate surface area is 210 Å². The van der Waals surface area contributed by atoms with Crippen LogP contribution in [0.3, 0.4) is 0 Å². The Bertz CT molecular complexity index is 1440. The van der Waals surface area contributed by atoms with E-state index in [1.165, 1.54) is 0 Å². The van der Waals surface area contributed by atoms with Gasteiger partial charge >= 0.3 is 6.09 Å². The van der Waals surface area contributed by atoms with E-state index in [9.17, 15) is 9.59 Å². The van der Waals surface area contributed by atoms with Crippen molar-refractivity contribution in [3.63, 3.8) is 0 Å². The molecule has 0 saturated heterocycles. The second-order valence-electron chi connectivity index (χ2n) is 10.1. The molecule has 184 valence electrons. The van der Waals surface area contributed by atoms with Crippen LogP contribution in [0.1, 0.15) is 42.5 Å². The first-order valence-corrected chi connectivity index (χ1v) is 12.1. The fraction of sp³-hybridized carbons (Fsp3) is 0.276. The average molecular weight is 483 g/mol. The first-order chi connectivity index (χ1) is 17.2. The van der Waals surface area contributed by atoms with E-state index in [0.29, 0.717) is 30.2 Å². The number of ether oxygens (including phenoxy) is 1. The number of nitrogens with one attached hydrogen (secondary N) is 1. The van der Waals surface area contributed by atoms with E-state index in [2.05, 4.69) is 28.1 Å². The van der Waals surface area contributed by atoms with Crippen LogP contribution in [0.15, 0.2) is 66.7 Å². The van der Waals surface area contributed by atoms with Gasteiger partial charge in [0.2, 0.25) is 0 Å². The predicted octanol–water partition coefficient (Wildman–Crippen LogP) is 6.01. The van der Waals surface area contributed by atoms with Gasteiger partial charge < -0.3 is 19.5 Å². The van der Waals surface area contributed by atoms with Gasteiger partial charge in [0.1, 0.15) is 11.4 Å². The molecule has 7 heteroatoms. The number of imidazole rings is 1. The van der Waals surface area contributed by atoms with Crippen LogP contribution in [0.4, 0.5) is 10.5 Å². The van der Waals surface area contributed by atoms with Crippen LogP contribution in [0.2, 0.25) is 0 Å². The molecular weight excluding hydrogens is 452 g/mol. The number of hydrogen-bond donors (Lipinski definition) is 1. The minimum absolute atomic E-state index is 0.239. The predicted molar refractivity (Wildman–Crippen MR) is 141 cm³/mol. The highest BCUT2D eigenvalue weighted by atomic mass is 16.6. The molecule has 36 heavy (non-hydrogen) atoms. The largest absolute Gasteiger partial charge is 0.444 e. The normalized spacial score (nSPS) is 13.4.